The summed E-state index contributed by atoms with van der Waals surface area (Å²) in [5, 5.41) is 4.24. The molecule has 126 valence electrons. The molecule has 2 heterocycles. The number of fused-ring (bicyclic) bond motifs is 1. The van der Waals surface area contributed by atoms with E-state index in [2.05, 4.69) is 5.10 Å². The van der Waals surface area contributed by atoms with E-state index in [1.54, 1.807) is 36.2 Å². The average molecular weight is 326 g/mol. The molecule has 1 unspecified atom stereocenters. The fraction of sp³-hybridized carbons (Fsp3) is 0.389. The van der Waals surface area contributed by atoms with Crippen molar-refractivity contribution < 1.29 is 9.59 Å². The molecule has 1 aromatic heterocycles. The first-order valence-electron chi connectivity index (χ1n) is 8.12. The Hall–Kier alpha value is -2.63. The first-order valence-corrected chi connectivity index (χ1v) is 8.12. The van der Waals surface area contributed by atoms with Crippen LogP contribution in [-0.2, 0) is 17.9 Å². The fourth-order valence-corrected chi connectivity index (χ4v) is 3.15. The number of aromatic nitrogens is 2. The van der Waals surface area contributed by atoms with E-state index in [0.29, 0.717) is 18.7 Å². The molecule has 2 amide bonds. The van der Waals surface area contributed by atoms with Crippen molar-refractivity contribution in [3.63, 3.8) is 0 Å². The van der Waals surface area contributed by atoms with Crippen molar-refractivity contribution in [1.29, 1.82) is 0 Å². The maximum absolute atomic E-state index is 13.0. The van der Waals surface area contributed by atoms with Gasteiger partial charge in [0.15, 0.2) is 0 Å². The van der Waals surface area contributed by atoms with Crippen molar-refractivity contribution in [2.45, 2.75) is 25.9 Å². The van der Waals surface area contributed by atoms with Gasteiger partial charge in [0.1, 0.15) is 0 Å². The van der Waals surface area contributed by atoms with Crippen LogP contribution < -0.4 is 0 Å². The monoisotopic (exact) mass is 326 g/mol. The van der Waals surface area contributed by atoms with Gasteiger partial charge in [-0.15, -0.1) is 0 Å². The second-order valence-corrected chi connectivity index (χ2v) is 6.22. The lowest BCUT2D eigenvalue weighted by molar-refractivity contribution is -0.132. The second-order valence-electron chi connectivity index (χ2n) is 6.22. The maximum atomic E-state index is 13.0. The van der Waals surface area contributed by atoms with E-state index in [1.165, 1.54) is 0 Å². The number of carbonyl (C=O) groups is 2. The van der Waals surface area contributed by atoms with Crippen LogP contribution in [0, 0.1) is 0 Å². The SMILES string of the molecule is CCn1cc(CN(C)C(=O)C2CN(C)C(=O)c3ccccc32)cn1. The van der Waals surface area contributed by atoms with Gasteiger partial charge in [-0.1, -0.05) is 18.2 Å². The van der Waals surface area contributed by atoms with Gasteiger partial charge in [-0.25, -0.2) is 0 Å². The van der Waals surface area contributed by atoms with E-state index in [4.69, 9.17) is 0 Å². The second kappa shape index (κ2) is 6.47. The summed E-state index contributed by atoms with van der Waals surface area (Å²) in [4.78, 5) is 28.6. The molecule has 1 atom stereocenters. The summed E-state index contributed by atoms with van der Waals surface area (Å²) in [5.41, 5.74) is 2.44. The van der Waals surface area contributed by atoms with Crippen molar-refractivity contribution in [3.8, 4) is 0 Å². The number of likely N-dealkylation sites (N-methyl/N-ethyl adjacent to an activating group) is 2. The Kier molecular flexibility index (Phi) is 4.38. The van der Waals surface area contributed by atoms with Crippen molar-refractivity contribution in [1.82, 2.24) is 19.6 Å². The lowest BCUT2D eigenvalue weighted by atomic mass is 9.88. The topological polar surface area (TPSA) is 58.4 Å². The van der Waals surface area contributed by atoms with Gasteiger partial charge in [-0.3, -0.25) is 14.3 Å². The number of nitrogens with zero attached hydrogens (tertiary/aromatic N) is 4. The lowest BCUT2D eigenvalue weighted by Gasteiger charge is -2.33. The highest BCUT2D eigenvalue weighted by Crippen LogP contribution is 2.29. The summed E-state index contributed by atoms with van der Waals surface area (Å²) >= 11 is 0. The smallest absolute Gasteiger partial charge is 0.253 e. The van der Waals surface area contributed by atoms with E-state index in [9.17, 15) is 9.59 Å². The zero-order valence-electron chi connectivity index (χ0n) is 14.3. The summed E-state index contributed by atoms with van der Waals surface area (Å²) in [7, 11) is 3.54. The van der Waals surface area contributed by atoms with E-state index in [0.717, 1.165) is 17.7 Å². The van der Waals surface area contributed by atoms with Crippen LogP contribution in [0.4, 0.5) is 0 Å². The molecule has 0 saturated carbocycles. The summed E-state index contributed by atoms with van der Waals surface area (Å²) in [6.45, 7) is 3.75. The number of hydrogen-bond donors (Lipinski definition) is 0. The minimum Gasteiger partial charge on any atom is -0.341 e. The predicted molar refractivity (Wildman–Crippen MR) is 90.5 cm³/mol. The number of benzene rings is 1. The molecule has 6 heteroatoms. The third-order valence-corrected chi connectivity index (χ3v) is 4.47. The number of carbonyl (C=O) groups excluding carboxylic acids is 2. The zero-order chi connectivity index (χ0) is 17.3. The Bertz CT molecular complexity index is 768. The van der Waals surface area contributed by atoms with Gasteiger partial charge < -0.3 is 9.80 Å². The zero-order valence-corrected chi connectivity index (χ0v) is 14.3. The molecule has 0 spiro atoms. The van der Waals surface area contributed by atoms with Gasteiger partial charge in [0.05, 0.1) is 12.1 Å². The molecule has 24 heavy (non-hydrogen) atoms. The summed E-state index contributed by atoms with van der Waals surface area (Å²) < 4.78 is 1.84. The van der Waals surface area contributed by atoms with Crippen molar-refractivity contribution in [3.05, 3.63) is 53.3 Å². The van der Waals surface area contributed by atoms with Crippen LogP contribution >= 0.6 is 0 Å². The Morgan fingerprint density at radius 1 is 1.38 bits per heavy atom. The minimum absolute atomic E-state index is 0.0195. The molecule has 1 aliphatic heterocycles. The molecule has 2 aromatic rings. The van der Waals surface area contributed by atoms with E-state index >= 15 is 0 Å². The lowest BCUT2D eigenvalue weighted by Crippen LogP contribution is -2.43. The molecule has 0 aliphatic carbocycles. The van der Waals surface area contributed by atoms with E-state index in [1.807, 2.05) is 36.0 Å². The fourth-order valence-electron chi connectivity index (χ4n) is 3.15. The van der Waals surface area contributed by atoms with Crippen LogP contribution in [0.2, 0.25) is 0 Å². The van der Waals surface area contributed by atoms with Crippen LogP contribution in [0.1, 0.15) is 34.3 Å². The Labute approximate surface area is 141 Å². The van der Waals surface area contributed by atoms with E-state index in [-0.39, 0.29) is 17.7 Å². The molecular formula is C18H22N4O2. The van der Waals surface area contributed by atoms with Crippen LogP contribution in [0.3, 0.4) is 0 Å². The maximum Gasteiger partial charge on any atom is 0.253 e. The van der Waals surface area contributed by atoms with Crippen molar-refractivity contribution in [2.75, 3.05) is 20.6 Å². The minimum atomic E-state index is -0.324. The van der Waals surface area contributed by atoms with Gasteiger partial charge in [0.25, 0.3) is 5.91 Å². The standard InChI is InChI=1S/C18H22N4O2/c1-4-22-11-13(9-19-22)10-20(2)18(24)16-12-21(3)17(23)15-8-6-5-7-14(15)16/h5-9,11,16H,4,10,12H2,1-3H3. The van der Waals surface area contributed by atoms with Crippen molar-refractivity contribution >= 4 is 11.8 Å². The molecule has 0 radical (unpaired) electrons. The van der Waals surface area contributed by atoms with E-state index < -0.39 is 0 Å². The largest absolute Gasteiger partial charge is 0.341 e. The Balaban J connectivity index is 1.81. The number of rotatable bonds is 4. The Morgan fingerprint density at radius 3 is 2.83 bits per heavy atom. The molecule has 1 aliphatic rings. The predicted octanol–water partition coefficient (Wildman–Crippen LogP) is 1.73. The molecule has 1 aromatic carbocycles. The highest BCUT2D eigenvalue weighted by atomic mass is 16.2. The first-order chi connectivity index (χ1) is 11.5. The first kappa shape index (κ1) is 16.2. The van der Waals surface area contributed by atoms with Crippen LogP contribution in [-0.4, -0.2) is 52.0 Å². The molecule has 3 rings (SSSR count). The molecule has 0 saturated heterocycles. The normalized spacial score (nSPS) is 16.9. The van der Waals surface area contributed by atoms with Crippen LogP contribution in [0.15, 0.2) is 36.7 Å². The van der Waals surface area contributed by atoms with Crippen LogP contribution in [0.5, 0.6) is 0 Å². The third-order valence-electron chi connectivity index (χ3n) is 4.47. The molecule has 0 fully saturated rings. The highest BCUT2D eigenvalue weighted by molar-refractivity contribution is 6.00. The quantitative estimate of drug-likeness (QED) is 0.860. The summed E-state index contributed by atoms with van der Waals surface area (Å²) in [6.07, 6.45) is 3.74. The number of hydrogen-bond acceptors (Lipinski definition) is 3. The number of aryl methyl sites for hydroxylation is 1. The van der Waals surface area contributed by atoms with Gasteiger partial charge in [0.2, 0.25) is 5.91 Å². The Morgan fingerprint density at radius 2 is 2.12 bits per heavy atom. The van der Waals surface area contributed by atoms with Gasteiger partial charge in [0, 0.05) is 51.1 Å². The van der Waals surface area contributed by atoms with Crippen LogP contribution in [0.25, 0.3) is 0 Å². The summed E-state index contributed by atoms with van der Waals surface area (Å²) in [5.74, 6) is -0.331. The van der Waals surface area contributed by atoms with Gasteiger partial charge in [-0.05, 0) is 18.6 Å². The number of amides is 2. The molecule has 0 bridgehead atoms. The summed E-state index contributed by atoms with van der Waals surface area (Å²) in [6, 6.07) is 7.38. The van der Waals surface area contributed by atoms with Gasteiger partial charge >= 0.3 is 0 Å². The third kappa shape index (κ3) is 2.91. The molecule has 0 N–H and O–H groups in total. The molecule has 6 nitrogen and oxygen atoms in total. The van der Waals surface area contributed by atoms with Gasteiger partial charge in [-0.2, -0.15) is 5.10 Å². The molecular weight excluding hydrogens is 304 g/mol. The highest BCUT2D eigenvalue weighted by Gasteiger charge is 2.34. The average Bonchev–Trinajstić information content (AvgIpc) is 3.05. The van der Waals surface area contributed by atoms with Crippen molar-refractivity contribution in [2.24, 2.45) is 0 Å².